The second kappa shape index (κ2) is 4.18. The molecule has 0 spiro atoms. The molecule has 0 radical (unpaired) electrons. The molecule has 1 unspecified atom stereocenters. The van der Waals surface area contributed by atoms with Crippen LogP contribution in [0.1, 0.15) is 16.8 Å². The standard InChI is InChI=1S/C11H10F2O3S/c12-9-3-8(4-10(13)5-9)11(14)7-1-2-17(15,16)6-7/h3-5,7H,1-2,6H2. The number of sulfone groups is 1. The third kappa shape index (κ3) is 2.69. The Morgan fingerprint density at radius 1 is 1.18 bits per heavy atom. The maximum absolute atomic E-state index is 12.9. The Balaban J connectivity index is 2.26. The summed E-state index contributed by atoms with van der Waals surface area (Å²) in [6.07, 6.45) is 0.222. The zero-order chi connectivity index (χ0) is 12.6. The van der Waals surface area contributed by atoms with Crippen LogP contribution in [0.4, 0.5) is 8.78 Å². The number of hydrogen-bond acceptors (Lipinski definition) is 3. The van der Waals surface area contributed by atoms with E-state index < -0.39 is 33.2 Å². The number of halogens is 2. The molecule has 1 aliphatic rings. The molecule has 17 heavy (non-hydrogen) atoms. The summed E-state index contributed by atoms with van der Waals surface area (Å²) in [5.41, 5.74) is -0.107. The average Bonchev–Trinajstić information content (AvgIpc) is 2.56. The van der Waals surface area contributed by atoms with Crippen LogP contribution in [0.25, 0.3) is 0 Å². The fourth-order valence-electron chi connectivity index (χ4n) is 1.93. The van der Waals surface area contributed by atoms with Crippen molar-refractivity contribution in [2.24, 2.45) is 5.92 Å². The minimum atomic E-state index is -3.18. The molecule has 0 saturated carbocycles. The lowest BCUT2D eigenvalue weighted by molar-refractivity contribution is 0.0932. The normalized spacial score (nSPS) is 22.6. The molecular weight excluding hydrogens is 250 g/mol. The summed E-state index contributed by atoms with van der Waals surface area (Å²) in [4.78, 5) is 11.8. The average molecular weight is 260 g/mol. The molecule has 0 aliphatic carbocycles. The zero-order valence-electron chi connectivity index (χ0n) is 8.82. The van der Waals surface area contributed by atoms with Gasteiger partial charge in [0.15, 0.2) is 15.6 Å². The van der Waals surface area contributed by atoms with Gasteiger partial charge < -0.3 is 0 Å². The van der Waals surface area contributed by atoms with Gasteiger partial charge in [-0.05, 0) is 18.6 Å². The number of rotatable bonds is 2. The second-order valence-electron chi connectivity index (χ2n) is 4.12. The molecule has 1 heterocycles. The highest BCUT2D eigenvalue weighted by Gasteiger charge is 2.33. The molecule has 0 N–H and O–H groups in total. The number of Topliss-reactive ketones (excluding diaryl/α,β-unsaturated/α-hetero) is 1. The van der Waals surface area contributed by atoms with Gasteiger partial charge in [0, 0.05) is 17.5 Å². The molecule has 3 nitrogen and oxygen atoms in total. The van der Waals surface area contributed by atoms with Crippen LogP contribution in [-0.4, -0.2) is 25.7 Å². The van der Waals surface area contributed by atoms with Gasteiger partial charge in [0.2, 0.25) is 0 Å². The summed E-state index contributed by atoms with van der Waals surface area (Å²) in [6, 6.07) is 2.52. The molecular formula is C11H10F2O3S. The first-order valence-electron chi connectivity index (χ1n) is 5.08. The molecule has 1 saturated heterocycles. The first-order valence-corrected chi connectivity index (χ1v) is 6.90. The maximum atomic E-state index is 12.9. The van der Waals surface area contributed by atoms with E-state index in [9.17, 15) is 22.0 Å². The lowest BCUT2D eigenvalue weighted by Gasteiger charge is -2.06. The number of carbonyl (C=O) groups excluding carboxylic acids is 1. The van der Waals surface area contributed by atoms with Crippen LogP contribution in [0.3, 0.4) is 0 Å². The van der Waals surface area contributed by atoms with Crippen molar-refractivity contribution in [2.45, 2.75) is 6.42 Å². The highest BCUT2D eigenvalue weighted by Crippen LogP contribution is 2.23. The Morgan fingerprint density at radius 2 is 1.76 bits per heavy atom. The lowest BCUT2D eigenvalue weighted by Crippen LogP contribution is -2.16. The molecule has 1 fully saturated rings. The molecule has 0 amide bonds. The van der Waals surface area contributed by atoms with Gasteiger partial charge in [0.1, 0.15) is 11.6 Å². The highest BCUT2D eigenvalue weighted by atomic mass is 32.2. The fourth-order valence-corrected chi connectivity index (χ4v) is 3.67. The first-order chi connectivity index (χ1) is 7.87. The Hall–Kier alpha value is -1.30. The Labute approximate surface area is 97.4 Å². The van der Waals surface area contributed by atoms with Crippen molar-refractivity contribution in [1.82, 2.24) is 0 Å². The van der Waals surface area contributed by atoms with Gasteiger partial charge in [0.25, 0.3) is 0 Å². The van der Waals surface area contributed by atoms with E-state index in [4.69, 9.17) is 0 Å². The predicted octanol–water partition coefficient (Wildman–Crippen LogP) is 1.58. The quantitative estimate of drug-likeness (QED) is 0.759. The third-order valence-corrected chi connectivity index (χ3v) is 4.52. The van der Waals surface area contributed by atoms with E-state index in [-0.39, 0.29) is 23.5 Å². The Kier molecular flexibility index (Phi) is 2.99. The summed E-state index contributed by atoms with van der Waals surface area (Å²) in [6.45, 7) is 0. The maximum Gasteiger partial charge on any atom is 0.167 e. The largest absolute Gasteiger partial charge is 0.294 e. The van der Waals surface area contributed by atoms with Gasteiger partial charge in [-0.25, -0.2) is 17.2 Å². The number of ketones is 1. The summed E-state index contributed by atoms with van der Waals surface area (Å²) >= 11 is 0. The van der Waals surface area contributed by atoms with Gasteiger partial charge in [0.05, 0.1) is 11.5 Å². The molecule has 6 heteroatoms. The molecule has 1 aromatic carbocycles. The summed E-state index contributed by atoms with van der Waals surface area (Å²) in [5, 5.41) is 0. The van der Waals surface area contributed by atoms with Gasteiger partial charge in [-0.3, -0.25) is 4.79 Å². The van der Waals surface area contributed by atoms with Crippen molar-refractivity contribution in [1.29, 1.82) is 0 Å². The minimum absolute atomic E-state index is 0.0405. The van der Waals surface area contributed by atoms with Gasteiger partial charge in [-0.1, -0.05) is 0 Å². The number of hydrogen-bond donors (Lipinski definition) is 0. The lowest BCUT2D eigenvalue weighted by atomic mass is 9.97. The predicted molar refractivity (Wildman–Crippen MR) is 57.4 cm³/mol. The zero-order valence-corrected chi connectivity index (χ0v) is 9.64. The van der Waals surface area contributed by atoms with Crippen LogP contribution >= 0.6 is 0 Å². The van der Waals surface area contributed by atoms with E-state index in [1.54, 1.807) is 0 Å². The van der Waals surface area contributed by atoms with Crippen molar-refractivity contribution in [3.63, 3.8) is 0 Å². The van der Waals surface area contributed by atoms with Crippen LogP contribution in [0, 0.1) is 17.6 Å². The van der Waals surface area contributed by atoms with E-state index in [2.05, 4.69) is 0 Å². The third-order valence-electron chi connectivity index (χ3n) is 2.75. The minimum Gasteiger partial charge on any atom is -0.294 e. The second-order valence-corrected chi connectivity index (χ2v) is 6.35. The van der Waals surface area contributed by atoms with E-state index in [0.29, 0.717) is 6.07 Å². The topological polar surface area (TPSA) is 51.2 Å². The van der Waals surface area contributed by atoms with E-state index in [0.717, 1.165) is 12.1 Å². The monoisotopic (exact) mass is 260 g/mol. The number of benzene rings is 1. The Bertz CT molecular complexity index is 546. The van der Waals surface area contributed by atoms with Crippen molar-refractivity contribution in [3.05, 3.63) is 35.4 Å². The summed E-state index contributed by atoms with van der Waals surface area (Å²) in [7, 11) is -3.18. The molecule has 1 aliphatic heterocycles. The summed E-state index contributed by atoms with van der Waals surface area (Å²) < 4.78 is 48.3. The molecule has 0 bridgehead atoms. The smallest absolute Gasteiger partial charge is 0.167 e. The highest BCUT2D eigenvalue weighted by molar-refractivity contribution is 7.91. The van der Waals surface area contributed by atoms with Crippen LogP contribution in [0.2, 0.25) is 0 Å². The van der Waals surface area contributed by atoms with Crippen LogP contribution in [-0.2, 0) is 9.84 Å². The van der Waals surface area contributed by atoms with Gasteiger partial charge in [-0.2, -0.15) is 0 Å². The molecule has 92 valence electrons. The van der Waals surface area contributed by atoms with Crippen LogP contribution < -0.4 is 0 Å². The molecule has 0 aromatic heterocycles. The van der Waals surface area contributed by atoms with Crippen LogP contribution in [0.15, 0.2) is 18.2 Å². The molecule has 1 aromatic rings. The van der Waals surface area contributed by atoms with Crippen molar-refractivity contribution >= 4 is 15.6 Å². The van der Waals surface area contributed by atoms with E-state index in [1.807, 2.05) is 0 Å². The molecule has 2 rings (SSSR count). The van der Waals surface area contributed by atoms with Gasteiger partial charge >= 0.3 is 0 Å². The van der Waals surface area contributed by atoms with E-state index in [1.165, 1.54) is 0 Å². The SMILES string of the molecule is O=C(c1cc(F)cc(F)c1)C1CCS(=O)(=O)C1. The number of carbonyl (C=O) groups is 1. The van der Waals surface area contributed by atoms with Crippen molar-refractivity contribution < 1.29 is 22.0 Å². The summed E-state index contributed by atoms with van der Waals surface area (Å²) in [5.74, 6) is -3.14. The fraction of sp³-hybridized carbons (Fsp3) is 0.364. The Morgan fingerprint density at radius 3 is 2.24 bits per heavy atom. The van der Waals surface area contributed by atoms with Crippen LogP contribution in [0.5, 0.6) is 0 Å². The molecule has 1 atom stereocenters. The van der Waals surface area contributed by atoms with Gasteiger partial charge in [-0.15, -0.1) is 0 Å². The first kappa shape index (κ1) is 12.2. The van der Waals surface area contributed by atoms with E-state index >= 15 is 0 Å². The van der Waals surface area contributed by atoms with Crippen molar-refractivity contribution in [3.8, 4) is 0 Å². The van der Waals surface area contributed by atoms with Crippen molar-refractivity contribution in [2.75, 3.05) is 11.5 Å².